The van der Waals surface area contributed by atoms with Crippen molar-refractivity contribution in [2.24, 2.45) is 0 Å². The van der Waals surface area contributed by atoms with Crippen molar-refractivity contribution in [2.45, 2.75) is 6.42 Å². The third-order valence-electron chi connectivity index (χ3n) is 6.18. The third kappa shape index (κ3) is 5.88. The van der Waals surface area contributed by atoms with Gasteiger partial charge in [-0.15, -0.1) is 0 Å². The van der Waals surface area contributed by atoms with Crippen molar-refractivity contribution in [3.05, 3.63) is 109 Å². The minimum absolute atomic E-state index is 0.0545. The molecule has 0 spiro atoms. The lowest BCUT2D eigenvalue weighted by atomic mass is 10.1. The second-order valence-corrected chi connectivity index (χ2v) is 9.22. The standard InChI is InChI=1S/C31H30N4O2/c1-34(2)20-6-19-32-31(36)25-11-9-23(10-12-25)29-22-35-26(21-33-29)15-18-30(35)24-13-16-28(17-14-24)37-27-7-4-3-5-8-27/h3-5,7-18,21-22H,6,19-20H2,1-2H3,(H,32,36). The van der Waals surface area contributed by atoms with E-state index in [-0.39, 0.29) is 5.91 Å². The molecule has 1 N–H and O–H groups in total. The Morgan fingerprint density at radius 1 is 0.865 bits per heavy atom. The van der Waals surface area contributed by atoms with Crippen LogP contribution in [0, 0.1) is 0 Å². The zero-order chi connectivity index (χ0) is 25.6. The highest BCUT2D eigenvalue weighted by Gasteiger charge is 2.10. The molecule has 0 unspecified atom stereocenters. The molecule has 0 aliphatic rings. The Labute approximate surface area is 217 Å². The maximum absolute atomic E-state index is 12.5. The number of rotatable bonds is 9. The van der Waals surface area contributed by atoms with Gasteiger partial charge in [-0.3, -0.25) is 9.78 Å². The summed E-state index contributed by atoms with van der Waals surface area (Å²) in [5.41, 5.74) is 5.60. The lowest BCUT2D eigenvalue weighted by molar-refractivity contribution is 0.0952. The maximum atomic E-state index is 12.5. The summed E-state index contributed by atoms with van der Waals surface area (Å²) >= 11 is 0. The van der Waals surface area contributed by atoms with Gasteiger partial charge >= 0.3 is 0 Å². The summed E-state index contributed by atoms with van der Waals surface area (Å²) in [6, 6.07) is 29.6. The number of carbonyl (C=O) groups is 1. The van der Waals surface area contributed by atoms with Gasteiger partial charge in [0.1, 0.15) is 11.5 Å². The van der Waals surface area contributed by atoms with Gasteiger partial charge in [0.2, 0.25) is 0 Å². The molecular weight excluding hydrogens is 460 g/mol. The SMILES string of the molecule is CN(C)CCCNC(=O)c1ccc(-c2cn3c(-c4ccc(Oc5ccccc5)cc4)ccc3cn2)cc1. The molecular formula is C31H30N4O2. The zero-order valence-electron chi connectivity index (χ0n) is 21.1. The molecule has 1 amide bonds. The lowest BCUT2D eigenvalue weighted by Gasteiger charge is -2.10. The average Bonchev–Trinajstić information content (AvgIpc) is 3.35. The fraction of sp³-hybridized carbons (Fsp3) is 0.161. The molecule has 6 heteroatoms. The van der Waals surface area contributed by atoms with Crippen LogP contribution in [0.4, 0.5) is 0 Å². The number of nitrogens with one attached hydrogen (secondary N) is 1. The molecule has 5 aromatic rings. The van der Waals surface area contributed by atoms with Gasteiger partial charge in [0.15, 0.2) is 0 Å². The number of hydrogen-bond donors (Lipinski definition) is 1. The fourth-order valence-electron chi connectivity index (χ4n) is 4.20. The van der Waals surface area contributed by atoms with Gasteiger partial charge in [0.05, 0.1) is 23.1 Å². The minimum Gasteiger partial charge on any atom is -0.457 e. The molecule has 186 valence electrons. The Hall–Kier alpha value is -4.42. The van der Waals surface area contributed by atoms with Crippen LogP contribution in [0.15, 0.2) is 103 Å². The fourth-order valence-corrected chi connectivity index (χ4v) is 4.20. The Balaban J connectivity index is 1.31. The van der Waals surface area contributed by atoms with Crippen molar-refractivity contribution >= 4 is 11.4 Å². The van der Waals surface area contributed by atoms with Crippen LogP contribution in [-0.2, 0) is 0 Å². The average molecular weight is 491 g/mol. The summed E-state index contributed by atoms with van der Waals surface area (Å²) in [5.74, 6) is 1.55. The van der Waals surface area contributed by atoms with Crippen molar-refractivity contribution in [1.82, 2.24) is 19.6 Å². The predicted octanol–water partition coefficient (Wildman–Crippen LogP) is 6.14. The number of hydrogen-bond acceptors (Lipinski definition) is 4. The van der Waals surface area contributed by atoms with E-state index in [1.165, 1.54) is 0 Å². The highest BCUT2D eigenvalue weighted by molar-refractivity contribution is 5.94. The molecule has 37 heavy (non-hydrogen) atoms. The summed E-state index contributed by atoms with van der Waals surface area (Å²) < 4.78 is 8.07. The normalized spacial score (nSPS) is 11.1. The van der Waals surface area contributed by atoms with E-state index in [0.29, 0.717) is 12.1 Å². The topological polar surface area (TPSA) is 58.9 Å². The van der Waals surface area contributed by atoms with E-state index in [1.54, 1.807) is 0 Å². The number of fused-ring (bicyclic) bond motifs is 1. The number of amides is 1. The van der Waals surface area contributed by atoms with Gasteiger partial charge in [-0.1, -0.05) is 30.3 Å². The number of nitrogens with zero attached hydrogens (tertiary/aromatic N) is 3. The van der Waals surface area contributed by atoms with Crippen LogP contribution in [-0.4, -0.2) is 47.4 Å². The van der Waals surface area contributed by atoms with Crippen molar-refractivity contribution in [1.29, 1.82) is 0 Å². The number of benzene rings is 3. The Bertz CT molecular complexity index is 1470. The van der Waals surface area contributed by atoms with Gasteiger partial charge in [0.25, 0.3) is 5.91 Å². The van der Waals surface area contributed by atoms with E-state index in [1.807, 2.05) is 93.2 Å². The molecule has 0 radical (unpaired) electrons. The molecule has 0 aliphatic carbocycles. The number of carbonyl (C=O) groups excluding carboxylic acids is 1. The number of ether oxygens (including phenoxy) is 1. The highest BCUT2D eigenvalue weighted by Crippen LogP contribution is 2.28. The molecule has 0 bridgehead atoms. The van der Waals surface area contributed by atoms with Crippen LogP contribution in [0.3, 0.4) is 0 Å². The Morgan fingerprint density at radius 3 is 2.30 bits per heavy atom. The minimum atomic E-state index is -0.0545. The maximum Gasteiger partial charge on any atom is 0.251 e. The van der Waals surface area contributed by atoms with E-state index >= 15 is 0 Å². The monoisotopic (exact) mass is 490 g/mol. The quantitative estimate of drug-likeness (QED) is 0.252. The highest BCUT2D eigenvalue weighted by atomic mass is 16.5. The van der Waals surface area contributed by atoms with Gasteiger partial charge in [-0.2, -0.15) is 0 Å². The Kier molecular flexibility index (Phi) is 7.28. The van der Waals surface area contributed by atoms with Crippen LogP contribution < -0.4 is 10.1 Å². The molecule has 0 saturated heterocycles. The zero-order valence-corrected chi connectivity index (χ0v) is 21.1. The lowest BCUT2D eigenvalue weighted by Crippen LogP contribution is -2.27. The first-order valence-electron chi connectivity index (χ1n) is 12.4. The van der Waals surface area contributed by atoms with E-state index < -0.39 is 0 Å². The van der Waals surface area contributed by atoms with Crippen LogP contribution in [0.1, 0.15) is 16.8 Å². The molecule has 0 saturated carbocycles. The first kappa shape index (κ1) is 24.3. The molecule has 2 aromatic heterocycles. The van der Waals surface area contributed by atoms with Gasteiger partial charge in [-0.05, 0) is 93.3 Å². The van der Waals surface area contributed by atoms with Crippen LogP contribution in [0.2, 0.25) is 0 Å². The molecule has 0 atom stereocenters. The second-order valence-electron chi connectivity index (χ2n) is 9.22. The summed E-state index contributed by atoms with van der Waals surface area (Å²) in [5, 5.41) is 2.98. The number of aromatic nitrogens is 2. The summed E-state index contributed by atoms with van der Waals surface area (Å²) in [7, 11) is 4.06. The van der Waals surface area contributed by atoms with Crippen LogP contribution in [0.25, 0.3) is 28.0 Å². The van der Waals surface area contributed by atoms with Crippen LogP contribution in [0.5, 0.6) is 11.5 Å². The van der Waals surface area contributed by atoms with Gasteiger partial charge < -0.3 is 19.4 Å². The Morgan fingerprint density at radius 2 is 1.57 bits per heavy atom. The number of para-hydroxylation sites is 1. The first-order valence-corrected chi connectivity index (χ1v) is 12.4. The van der Waals surface area contributed by atoms with Crippen molar-refractivity contribution in [3.63, 3.8) is 0 Å². The van der Waals surface area contributed by atoms with Crippen molar-refractivity contribution in [2.75, 3.05) is 27.2 Å². The van der Waals surface area contributed by atoms with E-state index in [9.17, 15) is 4.79 Å². The molecule has 6 nitrogen and oxygen atoms in total. The second kappa shape index (κ2) is 11.1. The van der Waals surface area contributed by atoms with Gasteiger partial charge in [-0.25, -0.2) is 0 Å². The van der Waals surface area contributed by atoms with Crippen molar-refractivity contribution < 1.29 is 9.53 Å². The molecule has 0 fully saturated rings. The molecule has 3 aromatic carbocycles. The van der Waals surface area contributed by atoms with Crippen molar-refractivity contribution in [3.8, 4) is 34.0 Å². The largest absolute Gasteiger partial charge is 0.457 e. The first-order chi connectivity index (χ1) is 18.1. The predicted molar refractivity (Wildman–Crippen MR) is 148 cm³/mol. The van der Waals surface area contributed by atoms with Gasteiger partial charge in [0, 0.05) is 23.9 Å². The van der Waals surface area contributed by atoms with Crippen LogP contribution >= 0.6 is 0 Å². The molecule has 5 rings (SSSR count). The van der Waals surface area contributed by atoms with E-state index in [2.05, 4.69) is 43.9 Å². The molecule has 0 aliphatic heterocycles. The smallest absolute Gasteiger partial charge is 0.251 e. The summed E-state index contributed by atoms with van der Waals surface area (Å²) in [6.45, 7) is 1.60. The molecule has 2 heterocycles. The summed E-state index contributed by atoms with van der Waals surface area (Å²) in [6.07, 6.45) is 4.83. The van der Waals surface area contributed by atoms with E-state index in [4.69, 9.17) is 4.74 Å². The third-order valence-corrected chi connectivity index (χ3v) is 6.18. The summed E-state index contributed by atoms with van der Waals surface area (Å²) in [4.78, 5) is 19.2. The van der Waals surface area contributed by atoms with E-state index in [0.717, 1.165) is 52.5 Å².